The highest BCUT2D eigenvalue weighted by molar-refractivity contribution is 5.96. The largest absolute Gasteiger partial charge is 0.351 e. The van der Waals surface area contributed by atoms with Crippen LogP contribution in [0.15, 0.2) is 72.8 Å². The van der Waals surface area contributed by atoms with Gasteiger partial charge in [-0.25, -0.2) is 0 Å². The molecule has 0 bridgehead atoms. The van der Waals surface area contributed by atoms with Gasteiger partial charge >= 0.3 is 0 Å². The highest BCUT2D eigenvalue weighted by Gasteiger charge is 2.44. The molecule has 3 heterocycles. The summed E-state index contributed by atoms with van der Waals surface area (Å²) < 4.78 is 0. The number of nitrogens with zero attached hydrogens (tertiary/aromatic N) is 2. The third-order valence-corrected chi connectivity index (χ3v) is 8.70. The van der Waals surface area contributed by atoms with Crippen molar-refractivity contribution in [2.75, 3.05) is 13.1 Å². The Hall–Kier alpha value is -4.20. The number of benzene rings is 3. The third kappa shape index (κ3) is 5.69. The lowest BCUT2D eigenvalue weighted by Gasteiger charge is -2.32. The van der Waals surface area contributed by atoms with E-state index in [2.05, 4.69) is 10.6 Å². The molecule has 3 aromatic carbocycles. The monoisotopic (exact) mass is 552 g/mol. The number of fused-ring (bicyclic) bond motifs is 3. The topological polar surface area (TPSA) is 98.8 Å². The Balaban J connectivity index is 1.35. The molecule has 4 unspecified atom stereocenters. The van der Waals surface area contributed by atoms with Crippen molar-refractivity contribution in [2.45, 2.75) is 69.1 Å². The Kier molecular flexibility index (Phi) is 7.72. The fourth-order valence-corrected chi connectivity index (χ4v) is 6.72. The van der Waals surface area contributed by atoms with Gasteiger partial charge in [-0.3, -0.25) is 19.2 Å². The molecule has 3 saturated heterocycles. The number of rotatable bonds is 4. The van der Waals surface area contributed by atoms with Crippen LogP contribution in [0.4, 0.5) is 0 Å². The summed E-state index contributed by atoms with van der Waals surface area (Å²) in [6.07, 6.45) is 3.39. The van der Waals surface area contributed by atoms with Crippen LogP contribution in [0.3, 0.4) is 0 Å². The standard InChI is InChI=1S/C33H36N4O4/c38-30-21-25(19-22-9-2-1-3-10-22)34-31(39)28-15-7-17-36(28)33(41)29-16-8-18-37(29)32(40)27(35-30)20-24-13-6-12-23-11-4-5-14-26(23)24/h1-6,9-14,25,27-29H,7-8,15-21H2,(H,34,39)(H,35,38). The normalized spacial score (nSPS) is 25.6. The highest BCUT2D eigenvalue weighted by atomic mass is 16.2. The van der Waals surface area contributed by atoms with Gasteiger partial charge in [-0.2, -0.15) is 0 Å². The van der Waals surface area contributed by atoms with Crippen molar-refractivity contribution in [3.63, 3.8) is 0 Å². The molecule has 3 aliphatic heterocycles. The Bertz CT molecular complexity index is 1450. The predicted octanol–water partition coefficient (Wildman–Crippen LogP) is 2.98. The summed E-state index contributed by atoms with van der Waals surface area (Å²) in [4.78, 5) is 58.4. The fraction of sp³-hybridized carbons (Fsp3) is 0.394. The van der Waals surface area contributed by atoms with Crippen LogP contribution < -0.4 is 10.6 Å². The maximum Gasteiger partial charge on any atom is 0.246 e. The quantitative estimate of drug-likeness (QED) is 0.520. The van der Waals surface area contributed by atoms with E-state index in [4.69, 9.17) is 0 Å². The molecule has 0 spiro atoms. The average molecular weight is 553 g/mol. The number of hydrogen-bond acceptors (Lipinski definition) is 4. The molecule has 0 saturated carbocycles. The van der Waals surface area contributed by atoms with Crippen molar-refractivity contribution in [1.82, 2.24) is 20.4 Å². The fourth-order valence-electron chi connectivity index (χ4n) is 6.72. The summed E-state index contributed by atoms with van der Waals surface area (Å²) >= 11 is 0. The molecule has 6 rings (SSSR count). The average Bonchev–Trinajstić information content (AvgIpc) is 3.67. The first kappa shape index (κ1) is 27.0. The Morgan fingerprint density at radius 2 is 1.37 bits per heavy atom. The van der Waals surface area contributed by atoms with E-state index in [9.17, 15) is 19.2 Å². The van der Waals surface area contributed by atoms with Crippen LogP contribution in [0, 0.1) is 0 Å². The van der Waals surface area contributed by atoms with Crippen LogP contribution in [0.5, 0.6) is 0 Å². The van der Waals surface area contributed by atoms with E-state index in [1.165, 1.54) is 0 Å². The minimum absolute atomic E-state index is 0.0318. The Labute approximate surface area is 240 Å². The van der Waals surface area contributed by atoms with E-state index in [0.29, 0.717) is 45.2 Å². The summed E-state index contributed by atoms with van der Waals surface area (Å²) in [5.41, 5.74) is 1.96. The van der Waals surface area contributed by atoms with E-state index in [0.717, 1.165) is 28.3 Å². The van der Waals surface area contributed by atoms with Crippen molar-refractivity contribution in [1.29, 1.82) is 0 Å². The van der Waals surface area contributed by atoms with Crippen LogP contribution in [0.1, 0.15) is 43.2 Å². The zero-order valence-corrected chi connectivity index (χ0v) is 23.1. The van der Waals surface area contributed by atoms with Crippen molar-refractivity contribution in [3.8, 4) is 0 Å². The van der Waals surface area contributed by atoms with E-state index in [1.54, 1.807) is 9.80 Å². The second kappa shape index (κ2) is 11.7. The van der Waals surface area contributed by atoms with E-state index in [-0.39, 0.29) is 30.0 Å². The highest BCUT2D eigenvalue weighted by Crippen LogP contribution is 2.27. The van der Waals surface area contributed by atoms with Gasteiger partial charge in [0.1, 0.15) is 18.1 Å². The zero-order valence-electron chi connectivity index (χ0n) is 23.1. The van der Waals surface area contributed by atoms with Gasteiger partial charge in [0.2, 0.25) is 23.6 Å². The molecule has 8 heteroatoms. The van der Waals surface area contributed by atoms with Gasteiger partial charge in [0.05, 0.1) is 0 Å². The molecule has 3 fully saturated rings. The van der Waals surface area contributed by atoms with E-state index < -0.39 is 24.2 Å². The summed E-state index contributed by atoms with van der Waals surface area (Å²) in [6.45, 7) is 0.952. The molecule has 212 valence electrons. The number of carbonyl (C=O) groups is 4. The lowest BCUT2D eigenvalue weighted by atomic mass is 9.97. The molecule has 8 nitrogen and oxygen atoms in total. The van der Waals surface area contributed by atoms with Crippen LogP contribution >= 0.6 is 0 Å². The van der Waals surface area contributed by atoms with Gasteiger partial charge in [0.15, 0.2) is 0 Å². The SMILES string of the molecule is O=C1CC(Cc2ccccc2)NC(=O)C2CCCN2C(=O)C2CCCN2C(=O)C(Cc2cccc3ccccc23)N1. The van der Waals surface area contributed by atoms with Gasteiger partial charge in [-0.15, -0.1) is 0 Å². The molecular formula is C33H36N4O4. The van der Waals surface area contributed by atoms with Crippen molar-refractivity contribution >= 4 is 34.4 Å². The minimum atomic E-state index is -0.829. The lowest BCUT2D eigenvalue weighted by molar-refractivity contribution is -0.147. The van der Waals surface area contributed by atoms with Gasteiger partial charge in [-0.05, 0) is 54.0 Å². The molecule has 4 atom stereocenters. The van der Waals surface area contributed by atoms with Crippen LogP contribution in [-0.4, -0.2) is 70.7 Å². The van der Waals surface area contributed by atoms with Gasteiger partial charge in [0, 0.05) is 32.0 Å². The first-order valence-corrected chi connectivity index (χ1v) is 14.7. The summed E-state index contributed by atoms with van der Waals surface area (Å²) in [5.74, 6) is -0.931. The Morgan fingerprint density at radius 3 is 2.17 bits per heavy atom. The van der Waals surface area contributed by atoms with Gasteiger partial charge in [0.25, 0.3) is 0 Å². The summed E-state index contributed by atoms with van der Waals surface area (Å²) in [6, 6.07) is 21.2. The Morgan fingerprint density at radius 1 is 0.683 bits per heavy atom. The van der Waals surface area contributed by atoms with Crippen molar-refractivity contribution in [2.24, 2.45) is 0 Å². The smallest absolute Gasteiger partial charge is 0.246 e. The predicted molar refractivity (Wildman–Crippen MR) is 156 cm³/mol. The second-order valence-corrected chi connectivity index (χ2v) is 11.4. The summed E-state index contributed by atoms with van der Waals surface area (Å²) in [5, 5.41) is 8.21. The maximum absolute atomic E-state index is 14.1. The molecule has 0 aliphatic carbocycles. The molecular weight excluding hydrogens is 516 g/mol. The molecule has 0 aromatic heterocycles. The van der Waals surface area contributed by atoms with Crippen LogP contribution in [-0.2, 0) is 32.0 Å². The van der Waals surface area contributed by atoms with E-state index >= 15 is 0 Å². The number of hydrogen-bond donors (Lipinski definition) is 2. The number of amides is 4. The third-order valence-electron chi connectivity index (χ3n) is 8.70. The van der Waals surface area contributed by atoms with Crippen LogP contribution in [0.25, 0.3) is 10.8 Å². The second-order valence-electron chi connectivity index (χ2n) is 11.4. The van der Waals surface area contributed by atoms with Crippen LogP contribution in [0.2, 0.25) is 0 Å². The molecule has 41 heavy (non-hydrogen) atoms. The minimum Gasteiger partial charge on any atom is -0.351 e. The lowest BCUT2D eigenvalue weighted by Crippen LogP contribution is -2.56. The number of nitrogens with one attached hydrogen (secondary N) is 2. The first-order chi connectivity index (χ1) is 20.0. The summed E-state index contributed by atoms with van der Waals surface area (Å²) in [7, 11) is 0. The van der Waals surface area contributed by atoms with E-state index in [1.807, 2.05) is 72.8 Å². The van der Waals surface area contributed by atoms with Gasteiger partial charge < -0.3 is 20.4 Å². The van der Waals surface area contributed by atoms with Crippen molar-refractivity contribution in [3.05, 3.63) is 83.9 Å². The van der Waals surface area contributed by atoms with Gasteiger partial charge in [-0.1, -0.05) is 72.8 Å². The van der Waals surface area contributed by atoms with Crippen molar-refractivity contribution < 1.29 is 19.2 Å². The molecule has 3 aliphatic rings. The maximum atomic E-state index is 14.1. The number of carbonyl (C=O) groups excluding carboxylic acids is 4. The zero-order chi connectivity index (χ0) is 28.3. The molecule has 3 aromatic rings. The first-order valence-electron chi connectivity index (χ1n) is 14.7. The molecule has 2 N–H and O–H groups in total. The molecule has 4 amide bonds. The molecule has 0 radical (unpaired) electrons.